The summed E-state index contributed by atoms with van der Waals surface area (Å²) in [5.74, 6) is -1.16. The van der Waals surface area contributed by atoms with E-state index in [1.165, 1.54) is 12.1 Å². The Hall–Kier alpha value is -4.06. The van der Waals surface area contributed by atoms with E-state index in [-0.39, 0.29) is 18.1 Å². The van der Waals surface area contributed by atoms with Gasteiger partial charge in [-0.3, -0.25) is 9.59 Å². The number of para-hydroxylation sites is 2. The number of nitrogens with one attached hydrogen (secondary N) is 1. The highest BCUT2D eigenvalue weighted by Crippen LogP contribution is 2.26. The van der Waals surface area contributed by atoms with Gasteiger partial charge < -0.3 is 11.1 Å². The summed E-state index contributed by atoms with van der Waals surface area (Å²) < 4.78 is 13.3. The highest BCUT2D eigenvalue weighted by atomic mass is 19.1. The van der Waals surface area contributed by atoms with Crippen LogP contribution in [0.5, 0.6) is 0 Å². The molecule has 30 heavy (non-hydrogen) atoms. The Morgan fingerprint density at radius 3 is 2.40 bits per heavy atom. The van der Waals surface area contributed by atoms with Crippen molar-refractivity contribution in [3.05, 3.63) is 95.8 Å². The highest BCUT2D eigenvalue weighted by molar-refractivity contribution is 6.13. The molecule has 0 atom stereocenters. The maximum Gasteiger partial charge on any atom is 0.256 e. The molecular formula is C24H18FN3O2. The van der Waals surface area contributed by atoms with E-state index in [9.17, 15) is 14.0 Å². The van der Waals surface area contributed by atoms with E-state index in [0.717, 1.165) is 0 Å². The largest absolute Gasteiger partial charge is 0.369 e. The number of amides is 2. The van der Waals surface area contributed by atoms with E-state index >= 15 is 0 Å². The van der Waals surface area contributed by atoms with Gasteiger partial charge in [0.05, 0.1) is 23.2 Å². The van der Waals surface area contributed by atoms with Crippen molar-refractivity contribution in [1.29, 1.82) is 0 Å². The SMILES string of the molecule is NC(=O)Cc1ccccc1NC(=O)c1cc(-c2ccc(F)cc2)nc2ccccc12. The van der Waals surface area contributed by atoms with Crippen molar-refractivity contribution in [2.75, 3.05) is 5.32 Å². The van der Waals surface area contributed by atoms with Gasteiger partial charge in [0.2, 0.25) is 5.91 Å². The van der Waals surface area contributed by atoms with E-state index in [1.807, 2.05) is 24.3 Å². The lowest BCUT2D eigenvalue weighted by Crippen LogP contribution is -2.18. The lowest BCUT2D eigenvalue weighted by Gasteiger charge is -2.13. The maximum atomic E-state index is 13.3. The first-order valence-electron chi connectivity index (χ1n) is 9.34. The third-order valence-electron chi connectivity index (χ3n) is 4.73. The molecule has 0 saturated heterocycles. The molecule has 1 heterocycles. The molecule has 148 valence electrons. The third kappa shape index (κ3) is 4.03. The second-order valence-electron chi connectivity index (χ2n) is 6.83. The van der Waals surface area contributed by atoms with E-state index in [4.69, 9.17) is 5.73 Å². The number of carbonyl (C=O) groups is 2. The van der Waals surface area contributed by atoms with E-state index in [2.05, 4.69) is 10.3 Å². The zero-order valence-corrected chi connectivity index (χ0v) is 15.9. The first-order chi connectivity index (χ1) is 14.5. The Morgan fingerprint density at radius 1 is 0.933 bits per heavy atom. The van der Waals surface area contributed by atoms with Crippen LogP contribution in [-0.4, -0.2) is 16.8 Å². The quantitative estimate of drug-likeness (QED) is 0.524. The highest BCUT2D eigenvalue weighted by Gasteiger charge is 2.16. The zero-order chi connectivity index (χ0) is 21.1. The number of benzene rings is 3. The Bertz CT molecular complexity index is 1250. The Morgan fingerprint density at radius 2 is 1.63 bits per heavy atom. The minimum Gasteiger partial charge on any atom is -0.369 e. The predicted molar refractivity (Wildman–Crippen MR) is 114 cm³/mol. The number of hydrogen-bond acceptors (Lipinski definition) is 3. The summed E-state index contributed by atoms with van der Waals surface area (Å²) in [5.41, 5.74) is 8.80. The van der Waals surface area contributed by atoms with Crippen LogP contribution in [0.2, 0.25) is 0 Å². The molecule has 0 unspecified atom stereocenters. The first kappa shape index (κ1) is 19.3. The topological polar surface area (TPSA) is 85.1 Å². The minimum absolute atomic E-state index is 0.0222. The molecule has 0 bridgehead atoms. The molecule has 0 saturated carbocycles. The predicted octanol–water partition coefficient (Wildman–Crippen LogP) is 4.32. The number of carbonyl (C=O) groups excluding carboxylic acids is 2. The number of primary amides is 1. The maximum absolute atomic E-state index is 13.3. The van der Waals surface area contributed by atoms with Crippen molar-refractivity contribution in [2.24, 2.45) is 5.73 Å². The molecular weight excluding hydrogens is 381 g/mol. The van der Waals surface area contributed by atoms with Gasteiger partial charge in [0.15, 0.2) is 0 Å². The number of hydrogen-bond donors (Lipinski definition) is 2. The van der Waals surface area contributed by atoms with Crippen molar-refractivity contribution in [3.8, 4) is 11.3 Å². The fraction of sp³-hybridized carbons (Fsp3) is 0.0417. The standard InChI is InChI=1S/C24H18FN3O2/c25-17-11-9-15(10-12-17)22-14-19(18-6-2-4-8-21(18)27-22)24(30)28-20-7-3-1-5-16(20)13-23(26)29/h1-12,14H,13H2,(H2,26,29)(H,28,30). The van der Waals surface area contributed by atoms with Crippen LogP contribution >= 0.6 is 0 Å². The lowest BCUT2D eigenvalue weighted by atomic mass is 10.0. The molecule has 2 amide bonds. The summed E-state index contributed by atoms with van der Waals surface area (Å²) in [5, 5.41) is 3.57. The lowest BCUT2D eigenvalue weighted by molar-refractivity contribution is -0.117. The monoisotopic (exact) mass is 399 g/mol. The summed E-state index contributed by atoms with van der Waals surface area (Å²) in [6.45, 7) is 0. The normalized spacial score (nSPS) is 10.7. The molecule has 1 aromatic heterocycles. The molecule has 0 radical (unpaired) electrons. The molecule has 0 spiro atoms. The van der Waals surface area contributed by atoms with Gasteiger partial charge in [0, 0.05) is 16.6 Å². The fourth-order valence-electron chi connectivity index (χ4n) is 3.31. The van der Waals surface area contributed by atoms with Gasteiger partial charge in [-0.25, -0.2) is 9.37 Å². The molecule has 5 nitrogen and oxygen atoms in total. The third-order valence-corrected chi connectivity index (χ3v) is 4.73. The average molecular weight is 399 g/mol. The second-order valence-corrected chi connectivity index (χ2v) is 6.83. The van der Waals surface area contributed by atoms with Crippen molar-refractivity contribution >= 4 is 28.4 Å². The van der Waals surface area contributed by atoms with Crippen LogP contribution in [0.3, 0.4) is 0 Å². The van der Waals surface area contributed by atoms with Gasteiger partial charge in [-0.15, -0.1) is 0 Å². The summed E-state index contributed by atoms with van der Waals surface area (Å²) in [6, 6.07) is 22.0. The number of halogens is 1. The minimum atomic E-state index is -0.482. The fourth-order valence-corrected chi connectivity index (χ4v) is 3.31. The van der Waals surface area contributed by atoms with Crippen molar-refractivity contribution in [3.63, 3.8) is 0 Å². The first-order valence-corrected chi connectivity index (χ1v) is 9.34. The number of nitrogens with two attached hydrogens (primary N) is 1. The van der Waals surface area contributed by atoms with E-state index < -0.39 is 5.91 Å². The summed E-state index contributed by atoms with van der Waals surface area (Å²) >= 11 is 0. The van der Waals surface area contributed by atoms with Gasteiger partial charge in [0.1, 0.15) is 5.82 Å². The van der Waals surface area contributed by atoms with Gasteiger partial charge in [0.25, 0.3) is 5.91 Å². The molecule has 6 heteroatoms. The molecule has 4 rings (SSSR count). The number of rotatable bonds is 5. The van der Waals surface area contributed by atoms with Crippen molar-refractivity contribution in [2.45, 2.75) is 6.42 Å². The molecule has 0 aliphatic carbocycles. The molecule has 4 aromatic rings. The molecule has 0 fully saturated rings. The summed E-state index contributed by atoms with van der Waals surface area (Å²) in [6.07, 6.45) is 0.0222. The van der Waals surface area contributed by atoms with Crippen LogP contribution in [0.25, 0.3) is 22.2 Å². The van der Waals surface area contributed by atoms with Crippen molar-refractivity contribution < 1.29 is 14.0 Å². The van der Waals surface area contributed by atoms with Gasteiger partial charge in [-0.05, 0) is 48.0 Å². The number of nitrogens with zero attached hydrogens (tertiary/aromatic N) is 1. The Balaban J connectivity index is 1.77. The Labute approximate surface area is 172 Å². The van der Waals surface area contributed by atoms with E-state index in [1.54, 1.807) is 42.5 Å². The Kier molecular flexibility index (Phi) is 5.22. The van der Waals surface area contributed by atoms with Crippen LogP contribution < -0.4 is 11.1 Å². The summed E-state index contributed by atoms with van der Waals surface area (Å²) in [4.78, 5) is 29.2. The van der Waals surface area contributed by atoms with Gasteiger partial charge >= 0.3 is 0 Å². The molecule has 0 aliphatic heterocycles. The van der Waals surface area contributed by atoms with Crippen LogP contribution in [0.4, 0.5) is 10.1 Å². The zero-order valence-electron chi connectivity index (χ0n) is 15.9. The van der Waals surface area contributed by atoms with Crippen LogP contribution in [-0.2, 0) is 11.2 Å². The second kappa shape index (κ2) is 8.13. The molecule has 0 aliphatic rings. The molecule has 3 N–H and O–H groups in total. The summed E-state index contributed by atoms with van der Waals surface area (Å²) in [7, 11) is 0. The number of fused-ring (bicyclic) bond motifs is 1. The number of anilines is 1. The van der Waals surface area contributed by atoms with E-state index in [0.29, 0.717) is 39.0 Å². The van der Waals surface area contributed by atoms with Gasteiger partial charge in [-0.1, -0.05) is 36.4 Å². The average Bonchev–Trinajstić information content (AvgIpc) is 2.74. The number of pyridine rings is 1. The number of aromatic nitrogens is 1. The van der Waals surface area contributed by atoms with Gasteiger partial charge in [-0.2, -0.15) is 0 Å². The van der Waals surface area contributed by atoms with Crippen LogP contribution in [0.1, 0.15) is 15.9 Å². The smallest absolute Gasteiger partial charge is 0.256 e. The van der Waals surface area contributed by atoms with Crippen molar-refractivity contribution in [1.82, 2.24) is 4.98 Å². The van der Waals surface area contributed by atoms with Crippen LogP contribution in [0, 0.1) is 5.82 Å². The molecule has 3 aromatic carbocycles. The van der Waals surface area contributed by atoms with Crippen LogP contribution in [0.15, 0.2) is 78.9 Å².